The van der Waals surface area contributed by atoms with Gasteiger partial charge in [0.15, 0.2) is 0 Å². The van der Waals surface area contributed by atoms with E-state index in [0.717, 1.165) is 17.9 Å². The van der Waals surface area contributed by atoms with Gasteiger partial charge in [0.1, 0.15) is 0 Å². The molecule has 100 valence electrons. The molecular formula is C14H29N3. The molecule has 0 bridgehead atoms. The summed E-state index contributed by atoms with van der Waals surface area (Å²) in [5, 5.41) is 3.74. The number of hydrogen-bond acceptors (Lipinski definition) is 3. The molecule has 0 amide bonds. The smallest absolute Gasteiger partial charge is 0.0226 e. The van der Waals surface area contributed by atoms with Gasteiger partial charge in [0.25, 0.3) is 0 Å². The first-order chi connectivity index (χ1) is 8.16. The van der Waals surface area contributed by atoms with E-state index in [2.05, 4.69) is 36.3 Å². The summed E-state index contributed by atoms with van der Waals surface area (Å²) < 4.78 is 0. The Balaban J connectivity index is 1.66. The standard InChI is InChI=1S/C14H29N3/c1-16(2)8-5-9-17(3)11-14-13-7-4-6-12(13)10-15-14/h12-15H,4-11H2,1-3H3. The van der Waals surface area contributed by atoms with E-state index in [-0.39, 0.29) is 0 Å². The molecule has 2 aliphatic rings. The molecule has 1 aliphatic carbocycles. The number of rotatable bonds is 6. The second-order valence-corrected chi connectivity index (χ2v) is 6.29. The first-order valence-corrected chi connectivity index (χ1v) is 7.23. The van der Waals surface area contributed by atoms with Gasteiger partial charge in [-0.1, -0.05) is 6.42 Å². The van der Waals surface area contributed by atoms with Crippen LogP contribution in [0.5, 0.6) is 0 Å². The van der Waals surface area contributed by atoms with Gasteiger partial charge in [-0.2, -0.15) is 0 Å². The first-order valence-electron chi connectivity index (χ1n) is 7.23. The minimum atomic E-state index is 0.770. The largest absolute Gasteiger partial charge is 0.312 e. The van der Waals surface area contributed by atoms with Crippen molar-refractivity contribution in [3.63, 3.8) is 0 Å². The van der Waals surface area contributed by atoms with Crippen molar-refractivity contribution >= 4 is 0 Å². The molecule has 0 aromatic heterocycles. The zero-order chi connectivity index (χ0) is 12.3. The van der Waals surface area contributed by atoms with Crippen molar-refractivity contribution < 1.29 is 0 Å². The molecule has 0 spiro atoms. The Kier molecular flexibility index (Phi) is 4.83. The predicted molar refractivity (Wildman–Crippen MR) is 73.3 cm³/mol. The quantitative estimate of drug-likeness (QED) is 0.753. The predicted octanol–water partition coefficient (Wildman–Crippen LogP) is 1.26. The normalized spacial score (nSPS) is 32.6. The molecule has 1 N–H and O–H groups in total. The Morgan fingerprint density at radius 1 is 1.12 bits per heavy atom. The summed E-state index contributed by atoms with van der Waals surface area (Å²) in [5.74, 6) is 1.97. The molecule has 0 aromatic carbocycles. The van der Waals surface area contributed by atoms with E-state index in [1.54, 1.807) is 0 Å². The van der Waals surface area contributed by atoms with Crippen LogP contribution in [0.3, 0.4) is 0 Å². The minimum Gasteiger partial charge on any atom is -0.312 e. The molecule has 3 atom stereocenters. The third kappa shape index (κ3) is 3.67. The van der Waals surface area contributed by atoms with E-state index < -0.39 is 0 Å². The van der Waals surface area contributed by atoms with E-state index >= 15 is 0 Å². The van der Waals surface area contributed by atoms with Crippen molar-refractivity contribution in [3.05, 3.63) is 0 Å². The molecule has 1 heterocycles. The van der Waals surface area contributed by atoms with Crippen molar-refractivity contribution in [3.8, 4) is 0 Å². The third-order valence-corrected chi connectivity index (χ3v) is 4.53. The lowest BCUT2D eigenvalue weighted by molar-refractivity contribution is 0.252. The number of hydrogen-bond donors (Lipinski definition) is 1. The zero-order valence-corrected chi connectivity index (χ0v) is 11.8. The second-order valence-electron chi connectivity index (χ2n) is 6.29. The number of nitrogens with zero attached hydrogens (tertiary/aromatic N) is 2. The van der Waals surface area contributed by atoms with Crippen LogP contribution in [0.2, 0.25) is 0 Å². The van der Waals surface area contributed by atoms with Gasteiger partial charge < -0.3 is 15.1 Å². The number of likely N-dealkylation sites (N-methyl/N-ethyl adjacent to an activating group) is 1. The summed E-state index contributed by atoms with van der Waals surface area (Å²) in [6, 6.07) is 0.770. The van der Waals surface area contributed by atoms with Crippen LogP contribution in [-0.2, 0) is 0 Å². The van der Waals surface area contributed by atoms with Gasteiger partial charge in [-0.15, -0.1) is 0 Å². The van der Waals surface area contributed by atoms with Crippen LogP contribution < -0.4 is 5.32 Å². The van der Waals surface area contributed by atoms with E-state index in [4.69, 9.17) is 0 Å². The van der Waals surface area contributed by atoms with Gasteiger partial charge in [0.05, 0.1) is 0 Å². The van der Waals surface area contributed by atoms with Crippen LogP contribution in [-0.4, -0.2) is 63.2 Å². The molecule has 1 saturated carbocycles. The van der Waals surface area contributed by atoms with Crippen molar-refractivity contribution in [2.75, 3.05) is 47.3 Å². The SMILES string of the molecule is CN(C)CCCN(C)CC1NCC2CCCC21. The van der Waals surface area contributed by atoms with Crippen LogP contribution in [0.15, 0.2) is 0 Å². The lowest BCUT2D eigenvalue weighted by atomic mass is 9.94. The van der Waals surface area contributed by atoms with Gasteiger partial charge >= 0.3 is 0 Å². The molecule has 3 unspecified atom stereocenters. The number of nitrogens with one attached hydrogen (secondary N) is 1. The zero-order valence-electron chi connectivity index (χ0n) is 11.8. The van der Waals surface area contributed by atoms with Crippen LogP contribution in [0.4, 0.5) is 0 Å². The van der Waals surface area contributed by atoms with Crippen LogP contribution >= 0.6 is 0 Å². The average molecular weight is 239 g/mol. The highest BCUT2D eigenvalue weighted by atomic mass is 15.1. The van der Waals surface area contributed by atoms with Crippen molar-refractivity contribution in [2.24, 2.45) is 11.8 Å². The molecule has 3 heteroatoms. The third-order valence-electron chi connectivity index (χ3n) is 4.53. The topological polar surface area (TPSA) is 18.5 Å². The van der Waals surface area contributed by atoms with E-state index in [0.29, 0.717) is 0 Å². The highest BCUT2D eigenvalue weighted by molar-refractivity contribution is 4.95. The van der Waals surface area contributed by atoms with E-state index in [1.165, 1.54) is 51.9 Å². The molecule has 0 aromatic rings. The maximum absolute atomic E-state index is 3.74. The van der Waals surface area contributed by atoms with Gasteiger partial charge in [0.2, 0.25) is 0 Å². The van der Waals surface area contributed by atoms with Crippen molar-refractivity contribution in [2.45, 2.75) is 31.7 Å². The molecular weight excluding hydrogens is 210 g/mol. The van der Waals surface area contributed by atoms with Gasteiger partial charge in [-0.05, 0) is 71.9 Å². The highest BCUT2D eigenvalue weighted by Gasteiger charge is 2.38. The van der Waals surface area contributed by atoms with Crippen LogP contribution in [0.25, 0.3) is 0 Å². The van der Waals surface area contributed by atoms with Crippen molar-refractivity contribution in [1.82, 2.24) is 15.1 Å². The van der Waals surface area contributed by atoms with Crippen molar-refractivity contribution in [1.29, 1.82) is 0 Å². The Labute approximate surface area is 107 Å². The molecule has 2 rings (SSSR count). The van der Waals surface area contributed by atoms with Gasteiger partial charge in [-0.25, -0.2) is 0 Å². The highest BCUT2D eigenvalue weighted by Crippen LogP contribution is 2.37. The summed E-state index contributed by atoms with van der Waals surface area (Å²) in [6.45, 7) is 4.96. The molecule has 17 heavy (non-hydrogen) atoms. The summed E-state index contributed by atoms with van der Waals surface area (Å²) in [7, 11) is 6.59. The maximum Gasteiger partial charge on any atom is 0.0226 e. The van der Waals surface area contributed by atoms with Crippen LogP contribution in [0, 0.1) is 11.8 Å². The fourth-order valence-corrected chi connectivity index (χ4v) is 3.59. The maximum atomic E-state index is 3.74. The van der Waals surface area contributed by atoms with E-state index in [1.807, 2.05) is 0 Å². The van der Waals surface area contributed by atoms with E-state index in [9.17, 15) is 0 Å². The Morgan fingerprint density at radius 2 is 1.94 bits per heavy atom. The monoisotopic (exact) mass is 239 g/mol. The van der Waals surface area contributed by atoms with Gasteiger partial charge in [-0.3, -0.25) is 0 Å². The molecule has 3 nitrogen and oxygen atoms in total. The summed E-state index contributed by atoms with van der Waals surface area (Å²) in [6.07, 6.45) is 5.69. The summed E-state index contributed by atoms with van der Waals surface area (Å²) in [4.78, 5) is 4.79. The lowest BCUT2D eigenvalue weighted by Crippen LogP contribution is -2.39. The second kappa shape index (κ2) is 6.17. The lowest BCUT2D eigenvalue weighted by Gasteiger charge is -2.25. The summed E-state index contributed by atoms with van der Waals surface area (Å²) in [5.41, 5.74) is 0. The first kappa shape index (κ1) is 13.3. The Morgan fingerprint density at radius 3 is 2.71 bits per heavy atom. The molecule has 0 radical (unpaired) electrons. The number of fused-ring (bicyclic) bond motifs is 1. The minimum absolute atomic E-state index is 0.770. The Hall–Kier alpha value is -0.120. The molecule has 1 saturated heterocycles. The van der Waals surface area contributed by atoms with Crippen LogP contribution in [0.1, 0.15) is 25.7 Å². The molecule has 1 aliphatic heterocycles. The fourth-order valence-electron chi connectivity index (χ4n) is 3.59. The molecule has 2 fully saturated rings. The summed E-state index contributed by atoms with van der Waals surface area (Å²) >= 11 is 0. The average Bonchev–Trinajstić information content (AvgIpc) is 2.82. The fraction of sp³-hybridized carbons (Fsp3) is 1.00. The Bertz CT molecular complexity index is 230. The van der Waals surface area contributed by atoms with Gasteiger partial charge in [0, 0.05) is 12.6 Å².